The van der Waals surface area contributed by atoms with Crippen molar-refractivity contribution in [3.8, 4) is 0 Å². The highest BCUT2D eigenvalue weighted by atomic mass is 35.5. The molecule has 1 saturated heterocycles. The van der Waals surface area contributed by atoms with Gasteiger partial charge in [0.05, 0.1) is 17.0 Å². The molecule has 0 saturated carbocycles. The molecule has 4 atom stereocenters. The van der Waals surface area contributed by atoms with Gasteiger partial charge in [-0.05, 0) is 47.5 Å². The highest BCUT2D eigenvalue weighted by Crippen LogP contribution is 2.58. The van der Waals surface area contributed by atoms with Crippen LogP contribution in [0.4, 0.5) is 11.4 Å². The van der Waals surface area contributed by atoms with Gasteiger partial charge in [-0.3, -0.25) is 14.4 Å². The van der Waals surface area contributed by atoms with E-state index in [-0.39, 0.29) is 28.1 Å². The first kappa shape index (κ1) is 24.8. The standard InChI is InChI=1S/C33H22Cl2N2O3/c34-21-15-16-26-20(18-21)14-17-27-33(23-11-5-7-13-25(23)36-32(33)40)28(31(39)22-10-4-6-12-24(22)35)29(37(26)27)30(38)19-8-2-1-3-9-19/h1-18,27-29H,(H,36,40). The smallest absolute Gasteiger partial charge is 0.238 e. The van der Waals surface area contributed by atoms with Gasteiger partial charge in [0, 0.05) is 27.5 Å². The van der Waals surface area contributed by atoms with Crippen LogP contribution in [0.3, 0.4) is 0 Å². The molecule has 5 nitrogen and oxygen atoms in total. The molecule has 0 radical (unpaired) electrons. The molecule has 4 aromatic carbocycles. The molecular formula is C33H22Cl2N2O3. The largest absolute Gasteiger partial charge is 0.352 e. The molecule has 4 unspecified atom stereocenters. The number of ketones is 2. The number of nitrogens with one attached hydrogen (secondary N) is 1. The molecule has 1 amide bonds. The quantitative estimate of drug-likeness (QED) is 0.275. The molecule has 3 aliphatic heterocycles. The Morgan fingerprint density at radius 2 is 1.55 bits per heavy atom. The summed E-state index contributed by atoms with van der Waals surface area (Å²) < 4.78 is 0. The van der Waals surface area contributed by atoms with Gasteiger partial charge in [-0.25, -0.2) is 0 Å². The summed E-state index contributed by atoms with van der Waals surface area (Å²) in [6.45, 7) is 0. The number of Topliss-reactive ketones (excluding diaryl/α,β-unsaturated/α-hetero) is 2. The number of hydrogen-bond acceptors (Lipinski definition) is 4. The zero-order chi connectivity index (χ0) is 27.6. The van der Waals surface area contributed by atoms with Crippen LogP contribution in [0.2, 0.25) is 10.0 Å². The molecule has 0 bridgehead atoms. The van der Waals surface area contributed by atoms with Crippen LogP contribution < -0.4 is 10.2 Å². The monoisotopic (exact) mass is 564 g/mol. The van der Waals surface area contributed by atoms with Gasteiger partial charge >= 0.3 is 0 Å². The summed E-state index contributed by atoms with van der Waals surface area (Å²) in [5.74, 6) is -2.01. The Kier molecular flexibility index (Phi) is 5.70. The molecular weight excluding hydrogens is 543 g/mol. The highest BCUT2D eigenvalue weighted by molar-refractivity contribution is 6.34. The number of anilines is 2. The lowest BCUT2D eigenvalue weighted by Gasteiger charge is -2.37. The normalized spacial score (nSPS) is 23.9. The maximum atomic E-state index is 14.8. The first-order valence-corrected chi connectivity index (χ1v) is 13.7. The predicted molar refractivity (Wildman–Crippen MR) is 157 cm³/mol. The van der Waals surface area contributed by atoms with Gasteiger partial charge < -0.3 is 10.2 Å². The van der Waals surface area contributed by atoms with E-state index in [1.54, 1.807) is 54.6 Å². The van der Waals surface area contributed by atoms with Crippen molar-refractivity contribution >= 4 is 58.1 Å². The van der Waals surface area contributed by atoms with Crippen LogP contribution in [0.5, 0.6) is 0 Å². The second-order valence-electron chi connectivity index (χ2n) is 10.3. The molecule has 7 heteroatoms. The van der Waals surface area contributed by atoms with Crippen LogP contribution in [-0.2, 0) is 10.2 Å². The maximum absolute atomic E-state index is 14.8. The van der Waals surface area contributed by atoms with E-state index in [1.807, 2.05) is 59.5 Å². The van der Waals surface area contributed by atoms with Crippen molar-refractivity contribution in [2.45, 2.75) is 17.5 Å². The zero-order valence-corrected chi connectivity index (χ0v) is 22.6. The van der Waals surface area contributed by atoms with Crippen LogP contribution in [0.1, 0.15) is 31.8 Å². The minimum atomic E-state index is -1.39. The first-order valence-electron chi connectivity index (χ1n) is 13.0. The molecule has 1 N–H and O–H groups in total. The van der Waals surface area contributed by atoms with E-state index in [2.05, 4.69) is 5.32 Å². The number of carbonyl (C=O) groups is 3. The van der Waals surface area contributed by atoms with Crippen molar-refractivity contribution in [2.75, 3.05) is 10.2 Å². The van der Waals surface area contributed by atoms with Gasteiger partial charge in [-0.15, -0.1) is 0 Å². The Balaban J connectivity index is 1.56. The summed E-state index contributed by atoms with van der Waals surface area (Å²) in [6, 6.07) is 26.9. The third-order valence-corrected chi connectivity index (χ3v) is 8.91. The number of carbonyl (C=O) groups excluding carboxylic acids is 3. The van der Waals surface area contributed by atoms with Crippen LogP contribution in [0, 0.1) is 5.92 Å². The summed E-state index contributed by atoms with van der Waals surface area (Å²) in [5.41, 5.74) is 2.20. The zero-order valence-electron chi connectivity index (χ0n) is 21.1. The summed E-state index contributed by atoms with van der Waals surface area (Å²) in [6.07, 6.45) is 3.84. The van der Waals surface area contributed by atoms with Gasteiger partial charge in [0.15, 0.2) is 11.6 Å². The SMILES string of the molecule is O=C(c1ccccc1)C1C(C(=O)c2ccccc2Cl)C2(C(=O)Nc3ccccc32)C2C=Cc3cc(Cl)ccc3N12. The second kappa shape index (κ2) is 9.19. The number of hydrogen-bond donors (Lipinski definition) is 1. The van der Waals surface area contributed by atoms with Crippen molar-refractivity contribution in [1.29, 1.82) is 0 Å². The highest BCUT2D eigenvalue weighted by Gasteiger charge is 2.70. The van der Waals surface area contributed by atoms with Crippen molar-refractivity contribution in [3.05, 3.63) is 135 Å². The molecule has 1 spiro atoms. The van der Waals surface area contributed by atoms with Crippen LogP contribution in [0.25, 0.3) is 6.08 Å². The average molecular weight is 565 g/mol. The molecule has 1 fully saturated rings. The Bertz CT molecular complexity index is 1750. The minimum Gasteiger partial charge on any atom is -0.352 e. The summed E-state index contributed by atoms with van der Waals surface area (Å²) in [4.78, 5) is 45.6. The van der Waals surface area contributed by atoms with E-state index in [1.165, 1.54) is 0 Å². The third-order valence-electron chi connectivity index (χ3n) is 8.34. The lowest BCUT2D eigenvalue weighted by molar-refractivity contribution is -0.121. The van der Waals surface area contributed by atoms with E-state index in [0.717, 1.165) is 11.3 Å². The maximum Gasteiger partial charge on any atom is 0.238 e. The molecule has 3 heterocycles. The minimum absolute atomic E-state index is 0.249. The summed E-state index contributed by atoms with van der Waals surface area (Å²) in [7, 11) is 0. The fourth-order valence-corrected chi connectivity index (χ4v) is 7.16. The Labute approximate surface area is 241 Å². The molecule has 196 valence electrons. The Morgan fingerprint density at radius 3 is 2.35 bits per heavy atom. The number of halogens is 2. The number of nitrogens with zero attached hydrogens (tertiary/aromatic N) is 1. The van der Waals surface area contributed by atoms with Gasteiger partial charge in [-0.1, -0.05) is 96.0 Å². The van der Waals surface area contributed by atoms with Crippen LogP contribution >= 0.6 is 23.2 Å². The van der Waals surface area contributed by atoms with Crippen molar-refractivity contribution in [2.24, 2.45) is 5.92 Å². The number of fused-ring (bicyclic) bond motifs is 6. The third kappa shape index (κ3) is 3.38. The number of benzene rings is 4. The number of rotatable bonds is 4. The van der Waals surface area contributed by atoms with E-state index in [0.29, 0.717) is 21.8 Å². The number of para-hydroxylation sites is 1. The van der Waals surface area contributed by atoms with Crippen molar-refractivity contribution in [1.82, 2.24) is 0 Å². The van der Waals surface area contributed by atoms with Gasteiger partial charge in [-0.2, -0.15) is 0 Å². The predicted octanol–water partition coefficient (Wildman–Crippen LogP) is 6.85. The van der Waals surface area contributed by atoms with Gasteiger partial charge in [0.2, 0.25) is 5.91 Å². The fourth-order valence-electron chi connectivity index (χ4n) is 6.75. The van der Waals surface area contributed by atoms with Crippen LogP contribution in [-0.4, -0.2) is 29.6 Å². The van der Waals surface area contributed by atoms with E-state index >= 15 is 0 Å². The lowest BCUT2D eigenvalue weighted by Crippen LogP contribution is -2.51. The topological polar surface area (TPSA) is 66.5 Å². The average Bonchev–Trinajstić information content (AvgIpc) is 3.45. The first-order chi connectivity index (χ1) is 19.4. The molecule has 0 aliphatic carbocycles. The fraction of sp³-hybridized carbons (Fsp3) is 0.121. The second-order valence-corrected chi connectivity index (χ2v) is 11.1. The van der Waals surface area contributed by atoms with Crippen molar-refractivity contribution in [3.63, 3.8) is 0 Å². The molecule has 0 aromatic heterocycles. The summed E-state index contributed by atoms with van der Waals surface area (Å²) >= 11 is 12.9. The van der Waals surface area contributed by atoms with Crippen LogP contribution in [0.15, 0.2) is 103 Å². The summed E-state index contributed by atoms with van der Waals surface area (Å²) in [5, 5.41) is 3.85. The Morgan fingerprint density at radius 1 is 0.825 bits per heavy atom. The van der Waals surface area contributed by atoms with Gasteiger partial charge in [0.1, 0.15) is 11.5 Å². The molecule has 4 aromatic rings. The molecule has 7 rings (SSSR count). The lowest BCUT2D eigenvalue weighted by atomic mass is 9.64. The van der Waals surface area contributed by atoms with Crippen molar-refractivity contribution < 1.29 is 14.4 Å². The van der Waals surface area contributed by atoms with Gasteiger partial charge in [0.25, 0.3) is 0 Å². The van der Waals surface area contributed by atoms with E-state index in [4.69, 9.17) is 23.2 Å². The number of amides is 1. The molecule has 40 heavy (non-hydrogen) atoms. The van der Waals surface area contributed by atoms with E-state index in [9.17, 15) is 14.4 Å². The Hall–Kier alpha value is -4.19. The van der Waals surface area contributed by atoms with E-state index < -0.39 is 23.4 Å². The molecule has 3 aliphatic rings.